The van der Waals surface area contributed by atoms with Gasteiger partial charge >= 0.3 is 0 Å². The number of halogens is 1. The van der Waals surface area contributed by atoms with Gasteiger partial charge in [-0.15, -0.1) is 0 Å². The molecule has 0 aliphatic heterocycles. The average Bonchev–Trinajstić information content (AvgIpc) is 2.09. The Balaban J connectivity index is 2.92. The van der Waals surface area contributed by atoms with E-state index in [4.69, 9.17) is 0 Å². The topological polar surface area (TPSA) is 12.0 Å². The molecule has 0 unspecified atom stereocenters. The van der Waals surface area contributed by atoms with Crippen molar-refractivity contribution in [2.45, 2.75) is 20.3 Å². The van der Waals surface area contributed by atoms with Crippen molar-refractivity contribution in [3.63, 3.8) is 0 Å². The summed E-state index contributed by atoms with van der Waals surface area (Å²) >= 11 is 3.62. The molecule has 1 N–H and O–H groups in total. The molecular weight excluding hydrogens is 226 g/mol. The second-order valence-corrected chi connectivity index (χ2v) is 4.20. The van der Waals surface area contributed by atoms with Gasteiger partial charge in [-0.1, -0.05) is 33.6 Å². The Kier molecular flexibility index (Phi) is 3.94. The van der Waals surface area contributed by atoms with Gasteiger partial charge in [0.05, 0.1) is 0 Å². The molecule has 13 heavy (non-hydrogen) atoms. The molecule has 0 fully saturated rings. The van der Waals surface area contributed by atoms with Gasteiger partial charge in [-0.05, 0) is 45.0 Å². The van der Waals surface area contributed by atoms with E-state index in [9.17, 15) is 0 Å². The lowest BCUT2D eigenvalue weighted by molar-refractivity contribution is 0.788. The summed E-state index contributed by atoms with van der Waals surface area (Å²) in [6.07, 6.45) is 1.08. The van der Waals surface area contributed by atoms with Crippen molar-refractivity contribution >= 4 is 15.9 Å². The van der Waals surface area contributed by atoms with Gasteiger partial charge < -0.3 is 5.32 Å². The first-order valence-corrected chi connectivity index (χ1v) is 5.34. The molecule has 0 heterocycles. The molecule has 0 aromatic heterocycles. The lowest BCUT2D eigenvalue weighted by Crippen LogP contribution is -2.10. The fraction of sp³-hybridized carbons (Fsp3) is 0.455. The molecule has 1 aromatic rings. The van der Waals surface area contributed by atoms with Crippen LogP contribution in [0.3, 0.4) is 0 Å². The maximum Gasteiger partial charge on any atom is 0.0237 e. The molecule has 0 atom stereocenters. The van der Waals surface area contributed by atoms with Gasteiger partial charge in [0, 0.05) is 4.47 Å². The predicted octanol–water partition coefficient (Wildman–Crippen LogP) is 2.83. The summed E-state index contributed by atoms with van der Waals surface area (Å²) in [4.78, 5) is 0. The molecule has 0 saturated carbocycles. The van der Waals surface area contributed by atoms with Crippen LogP contribution >= 0.6 is 15.9 Å². The van der Waals surface area contributed by atoms with E-state index in [0.717, 1.165) is 13.0 Å². The zero-order chi connectivity index (χ0) is 9.84. The highest BCUT2D eigenvalue weighted by atomic mass is 79.9. The Bertz CT molecular complexity index is 294. The standard InChI is InChI=1S/C11H16BrN/c1-8-6-9(2)11(12)10(7-8)4-5-13-3/h6-7,13H,4-5H2,1-3H3. The highest BCUT2D eigenvalue weighted by Gasteiger charge is 2.03. The zero-order valence-corrected chi connectivity index (χ0v) is 10.0. The van der Waals surface area contributed by atoms with Gasteiger partial charge in [-0.2, -0.15) is 0 Å². The molecule has 2 heteroatoms. The van der Waals surface area contributed by atoms with Crippen LogP contribution in [0.25, 0.3) is 0 Å². The maximum atomic E-state index is 3.62. The van der Waals surface area contributed by atoms with Crippen molar-refractivity contribution in [1.29, 1.82) is 0 Å². The van der Waals surface area contributed by atoms with Crippen LogP contribution in [0, 0.1) is 13.8 Å². The van der Waals surface area contributed by atoms with Crippen LogP contribution in [0.15, 0.2) is 16.6 Å². The number of hydrogen-bond acceptors (Lipinski definition) is 1. The van der Waals surface area contributed by atoms with E-state index in [-0.39, 0.29) is 0 Å². The van der Waals surface area contributed by atoms with Gasteiger partial charge in [-0.3, -0.25) is 0 Å². The summed E-state index contributed by atoms with van der Waals surface area (Å²) < 4.78 is 1.26. The Morgan fingerprint density at radius 3 is 2.62 bits per heavy atom. The predicted molar refractivity (Wildman–Crippen MR) is 61.2 cm³/mol. The van der Waals surface area contributed by atoms with Crippen molar-refractivity contribution in [2.75, 3.05) is 13.6 Å². The summed E-state index contributed by atoms with van der Waals surface area (Å²) in [7, 11) is 1.98. The molecule has 0 radical (unpaired) electrons. The lowest BCUT2D eigenvalue weighted by atomic mass is 10.1. The van der Waals surface area contributed by atoms with E-state index in [1.54, 1.807) is 0 Å². The van der Waals surface area contributed by atoms with E-state index in [1.807, 2.05) is 7.05 Å². The highest BCUT2D eigenvalue weighted by molar-refractivity contribution is 9.10. The summed E-state index contributed by atoms with van der Waals surface area (Å²) in [6, 6.07) is 4.45. The summed E-state index contributed by atoms with van der Waals surface area (Å²) in [5.74, 6) is 0. The maximum absolute atomic E-state index is 3.62. The fourth-order valence-electron chi connectivity index (χ4n) is 1.48. The van der Waals surface area contributed by atoms with Crippen molar-refractivity contribution in [1.82, 2.24) is 5.32 Å². The minimum Gasteiger partial charge on any atom is -0.319 e. The zero-order valence-electron chi connectivity index (χ0n) is 8.45. The van der Waals surface area contributed by atoms with Gasteiger partial charge in [0.15, 0.2) is 0 Å². The van der Waals surface area contributed by atoms with Crippen molar-refractivity contribution in [2.24, 2.45) is 0 Å². The van der Waals surface area contributed by atoms with Crippen LogP contribution in [0.2, 0.25) is 0 Å². The van der Waals surface area contributed by atoms with Crippen LogP contribution in [-0.2, 0) is 6.42 Å². The number of hydrogen-bond donors (Lipinski definition) is 1. The molecule has 0 aliphatic carbocycles. The highest BCUT2D eigenvalue weighted by Crippen LogP contribution is 2.23. The average molecular weight is 242 g/mol. The van der Waals surface area contributed by atoms with E-state index >= 15 is 0 Å². The second kappa shape index (κ2) is 4.77. The molecule has 1 nitrogen and oxygen atoms in total. The first-order chi connectivity index (χ1) is 6.15. The molecule has 0 saturated heterocycles. The lowest BCUT2D eigenvalue weighted by Gasteiger charge is -2.08. The minimum atomic E-state index is 1.03. The van der Waals surface area contributed by atoms with Crippen LogP contribution < -0.4 is 5.32 Å². The third kappa shape index (κ3) is 2.82. The van der Waals surface area contributed by atoms with Gasteiger partial charge in [0.2, 0.25) is 0 Å². The van der Waals surface area contributed by atoms with E-state index in [2.05, 4.69) is 47.2 Å². The van der Waals surface area contributed by atoms with Crippen LogP contribution in [-0.4, -0.2) is 13.6 Å². The van der Waals surface area contributed by atoms with E-state index < -0.39 is 0 Å². The molecule has 0 bridgehead atoms. The molecule has 0 amide bonds. The molecule has 1 rings (SSSR count). The number of benzene rings is 1. The Hall–Kier alpha value is -0.340. The summed E-state index contributed by atoms with van der Waals surface area (Å²) in [6.45, 7) is 5.31. The number of likely N-dealkylation sites (N-methyl/N-ethyl adjacent to an activating group) is 1. The third-order valence-corrected chi connectivity index (χ3v) is 3.25. The smallest absolute Gasteiger partial charge is 0.0237 e. The molecule has 0 aliphatic rings. The largest absolute Gasteiger partial charge is 0.319 e. The molecule has 72 valence electrons. The number of aryl methyl sites for hydroxylation is 2. The Morgan fingerprint density at radius 1 is 1.31 bits per heavy atom. The van der Waals surface area contributed by atoms with Gasteiger partial charge in [0.1, 0.15) is 0 Å². The van der Waals surface area contributed by atoms with Crippen LogP contribution in [0.5, 0.6) is 0 Å². The van der Waals surface area contributed by atoms with Gasteiger partial charge in [0.25, 0.3) is 0 Å². The monoisotopic (exact) mass is 241 g/mol. The quantitative estimate of drug-likeness (QED) is 0.859. The third-order valence-electron chi connectivity index (χ3n) is 2.12. The molecular formula is C11H16BrN. The van der Waals surface area contributed by atoms with Crippen molar-refractivity contribution in [3.8, 4) is 0 Å². The second-order valence-electron chi connectivity index (χ2n) is 3.41. The van der Waals surface area contributed by atoms with E-state index in [0.29, 0.717) is 0 Å². The summed E-state index contributed by atoms with van der Waals surface area (Å²) in [5.41, 5.74) is 4.06. The van der Waals surface area contributed by atoms with E-state index in [1.165, 1.54) is 21.2 Å². The Labute approximate surface area is 88.7 Å². The minimum absolute atomic E-state index is 1.03. The fourth-order valence-corrected chi connectivity index (χ4v) is 1.91. The van der Waals surface area contributed by atoms with Crippen LogP contribution in [0.1, 0.15) is 16.7 Å². The first kappa shape index (κ1) is 10.7. The molecule has 1 aromatic carbocycles. The Morgan fingerprint density at radius 2 is 2.00 bits per heavy atom. The number of nitrogens with one attached hydrogen (secondary N) is 1. The van der Waals surface area contributed by atoms with Crippen molar-refractivity contribution < 1.29 is 0 Å². The SMILES string of the molecule is CNCCc1cc(C)cc(C)c1Br. The molecule has 0 spiro atoms. The van der Waals surface area contributed by atoms with Crippen LogP contribution in [0.4, 0.5) is 0 Å². The normalized spacial score (nSPS) is 10.5. The first-order valence-electron chi connectivity index (χ1n) is 4.55. The summed E-state index contributed by atoms with van der Waals surface area (Å²) in [5, 5.41) is 3.16. The number of rotatable bonds is 3. The van der Waals surface area contributed by atoms with Crippen molar-refractivity contribution in [3.05, 3.63) is 33.3 Å². The van der Waals surface area contributed by atoms with Gasteiger partial charge in [-0.25, -0.2) is 0 Å².